The first-order valence-electron chi connectivity index (χ1n) is 6.61. The van der Waals surface area contributed by atoms with Crippen molar-refractivity contribution < 1.29 is 8.42 Å². The lowest BCUT2D eigenvalue weighted by atomic mass is 10.2. The summed E-state index contributed by atoms with van der Waals surface area (Å²) >= 11 is 4.90. The third kappa shape index (κ3) is 3.76. The van der Waals surface area contributed by atoms with E-state index in [1.807, 2.05) is 0 Å². The van der Waals surface area contributed by atoms with E-state index in [4.69, 9.17) is 18.0 Å². The van der Waals surface area contributed by atoms with Gasteiger partial charge in [-0.15, -0.1) is 0 Å². The van der Waals surface area contributed by atoms with Crippen LogP contribution in [0.25, 0.3) is 0 Å². The van der Waals surface area contributed by atoms with Crippen molar-refractivity contribution in [3.05, 3.63) is 29.8 Å². The monoisotopic (exact) mass is 313 g/mol. The number of sulfonamides is 1. The molecule has 0 unspecified atom stereocenters. The summed E-state index contributed by atoms with van der Waals surface area (Å²) in [5, 5.41) is 0. The molecule has 1 aliphatic rings. The average Bonchev–Trinajstić information content (AvgIpc) is 2.91. The molecule has 0 saturated carbocycles. The van der Waals surface area contributed by atoms with E-state index >= 15 is 0 Å². The molecule has 1 aliphatic heterocycles. The van der Waals surface area contributed by atoms with Crippen molar-refractivity contribution in [3.63, 3.8) is 0 Å². The molecule has 20 heavy (non-hydrogen) atoms. The Morgan fingerprint density at radius 2 is 1.95 bits per heavy atom. The van der Waals surface area contributed by atoms with Gasteiger partial charge in [0.05, 0.1) is 4.90 Å². The lowest BCUT2D eigenvalue weighted by Crippen LogP contribution is -2.34. The number of hydrogen-bond acceptors (Lipinski definition) is 4. The minimum Gasteiger partial charge on any atom is -0.389 e. The Morgan fingerprint density at radius 3 is 2.60 bits per heavy atom. The van der Waals surface area contributed by atoms with E-state index in [9.17, 15) is 8.42 Å². The van der Waals surface area contributed by atoms with Crippen LogP contribution in [0.4, 0.5) is 0 Å². The molecule has 0 spiro atoms. The maximum atomic E-state index is 12.3. The zero-order valence-corrected chi connectivity index (χ0v) is 12.8. The highest BCUT2D eigenvalue weighted by Crippen LogP contribution is 2.15. The van der Waals surface area contributed by atoms with Crippen molar-refractivity contribution in [1.82, 2.24) is 9.62 Å². The zero-order chi connectivity index (χ0) is 14.6. The van der Waals surface area contributed by atoms with Crippen LogP contribution in [0, 0.1) is 0 Å². The molecule has 1 heterocycles. The topological polar surface area (TPSA) is 75.4 Å². The van der Waals surface area contributed by atoms with Gasteiger partial charge in [-0.2, -0.15) is 0 Å². The average molecular weight is 313 g/mol. The molecule has 0 aromatic heterocycles. The van der Waals surface area contributed by atoms with Crippen molar-refractivity contribution in [2.24, 2.45) is 5.73 Å². The van der Waals surface area contributed by atoms with Gasteiger partial charge in [0.15, 0.2) is 0 Å². The minimum atomic E-state index is -3.57. The van der Waals surface area contributed by atoms with Crippen LogP contribution in [-0.4, -0.2) is 44.5 Å². The molecule has 1 aromatic rings. The van der Waals surface area contributed by atoms with Crippen LogP contribution in [0.2, 0.25) is 0 Å². The van der Waals surface area contributed by atoms with Gasteiger partial charge in [0.2, 0.25) is 10.0 Å². The van der Waals surface area contributed by atoms with Gasteiger partial charge < -0.3 is 10.6 Å². The summed E-state index contributed by atoms with van der Waals surface area (Å²) in [6.07, 6.45) is 2.38. The van der Waals surface area contributed by atoms with E-state index in [0.29, 0.717) is 12.1 Å². The van der Waals surface area contributed by atoms with Crippen LogP contribution in [0.1, 0.15) is 18.4 Å². The van der Waals surface area contributed by atoms with Crippen LogP contribution in [0.5, 0.6) is 0 Å². The quantitative estimate of drug-likeness (QED) is 0.756. The predicted octanol–water partition coefficient (Wildman–Crippen LogP) is 0.695. The molecular weight excluding hydrogens is 294 g/mol. The van der Waals surface area contributed by atoms with Gasteiger partial charge in [-0.05, 0) is 32.0 Å². The largest absolute Gasteiger partial charge is 0.389 e. The molecule has 7 heteroatoms. The number of thiocarbonyl (C=S) groups is 1. The first-order valence-corrected chi connectivity index (χ1v) is 8.51. The Kier molecular flexibility index (Phi) is 5.09. The molecule has 0 aliphatic carbocycles. The molecule has 0 bridgehead atoms. The summed E-state index contributed by atoms with van der Waals surface area (Å²) < 4.78 is 27.2. The van der Waals surface area contributed by atoms with Crippen molar-refractivity contribution in [2.75, 3.05) is 26.2 Å². The molecule has 0 radical (unpaired) electrons. The van der Waals surface area contributed by atoms with Gasteiger partial charge in [0.25, 0.3) is 0 Å². The summed E-state index contributed by atoms with van der Waals surface area (Å²) in [5.74, 6) is 0. The summed E-state index contributed by atoms with van der Waals surface area (Å²) in [6, 6.07) is 6.53. The molecule has 3 N–H and O–H groups in total. The number of benzene rings is 1. The van der Waals surface area contributed by atoms with Gasteiger partial charge in [0.1, 0.15) is 4.99 Å². The Hall–Kier alpha value is -1.02. The first kappa shape index (κ1) is 15.4. The maximum absolute atomic E-state index is 12.3. The third-order valence-electron chi connectivity index (χ3n) is 3.36. The van der Waals surface area contributed by atoms with Crippen LogP contribution >= 0.6 is 12.2 Å². The first-order chi connectivity index (χ1) is 9.50. The van der Waals surface area contributed by atoms with Gasteiger partial charge >= 0.3 is 0 Å². The smallest absolute Gasteiger partial charge is 0.241 e. The molecule has 110 valence electrons. The van der Waals surface area contributed by atoms with E-state index in [-0.39, 0.29) is 9.88 Å². The van der Waals surface area contributed by atoms with Crippen molar-refractivity contribution in [1.29, 1.82) is 0 Å². The van der Waals surface area contributed by atoms with Crippen LogP contribution < -0.4 is 10.5 Å². The van der Waals surface area contributed by atoms with Crippen LogP contribution in [0.15, 0.2) is 29.2 Å². The van der Waals surface area contributed by atoms with Crippen molar-refractivity contribution >= 4 is 27.2 Å². The van der Waals surface area contributed by atoms with Gasteiger partial charge in [-0.3, -0.25) is 0 Å². The van der Waals surface area contributed by atoms with E-state index in [1.165, 1.54) is 18.9 Å². The fourth-order valence-corrected chi connectivity index (χ4v) is 3.81. The van der Waals surface area contributed by atoms with Gasteiger partial charge in [0, 0.05) is 18.7 Å². The van der Waals surface area contributed by atoms with Crippen LogP contribution in [-0.2, 0) is 10.0 Å². The zero-order valence-electron chi connectivity index (χ0n) is 11.2. The van der Waals surface area contributed by atoms with Crippen molar-refractivity contribution in [2.45, 2.75) is 17.7 Å². The summed E-state index contributed by atoms with van der Waals surface area (Å²) in [5.41, 5.74) is 5.96. The van der Waals surface area contributed by atoms with Gasteiger partial charge in [-0.1, -0.05) is 30.4 Å². The molecule has 5 nitrogen and oxygen atoms in total. The highest BCUT2D eigenvalue weighted by atomic mass is 32.2. The third-order valence-corrected chi connectivity index (χ3v) is 5.10. The Balaban J connectivity index is 2.04. The van der Waals surface area contributed by atoms with Gasteiger partial charge in [-0.25, -0.2) is 13.1 Å². The Labute approximate surface area is 125 Å². The van der Waals surface area contributed by atoms with E-state index in [0.717, 1.165) is 19.6 Å². The molecule has 1 aromatic carbocycles. The Morgan fingerprint density at radius 1 is 1.30 bits per heavy atom. The summed E-state index contributed by atoms with van der Waals surface area (Å²) in [7, 11) is -3.57. The van der Waals surface area contributed by atoms with E-state index in [2.05, 4.69) is 9.62 Å². The fourth-order valence-electron chi connectivity index (χ4n) is 2.33. The number of nitrogens with one attached hydrogen (secondary N) is 1. The SMILES string of the molecule is NC(=S)c1ccccc1S(=O)(=O)NCCN1CCCC1. The summed E-state index contributed by atoms with van der Waals surface area (Å²) in [6.45, 7) is 3.22. The van der Waals surface area contributed by atoms with Crippen molar-refractivity contribution in [3.8, 4) is 0 Å². The second-order valence-electron chi connectivity index (χ2n) is 4.81. The molecule has 0 amide bonds. The number of likely N-dealkylation sites (tertiary alicyclic amines) is 1. The highest BCUT2D eigenvalue weighted by molar-refractivity contribution is 7.89. The minimum absolute atomic E-state index is 0.0884. The highest BCUT2D eigenvalue weighted by Gasteiger charge is 2.19. The standard InChI is InChI=1S/C13H19N3O2S2/c14-13(19)11-5-1-2-6-12(11)20(17,18)15-7-10-16-8-3-4-9-16/h1-2,5-6,15H,3-4,7-10H2,(H2,14,19). The fraction of sp³-hybridized carbons (Fsp3) is 0.462. The number of rotatable bonds is 6. The van der Waals surface area contributed by atoms with E-state index in [1.54, 1.807) is 18.2 Å². The van der Waals surface area contributed by atoms with E-state index < -0.39 is 10.0 Å². The Bertz CT molecular complexity index is 581. The number of nitrogens with two attached hydrogens (primary N) is 1. The number of hydrogen-bond donors (Lipinski definition) is 2. The maximum Gasteiger partial charge on any atom is 0.241 e. The second-order valence-corrected chi connectivity index (χ2v) is 6.98. The normalized spacial score (nSPS) is 16.4. The molecule has 2 rings (SSSR count). The van der Waals surface area contributed by atoms with Crippen LogP contribution in [0.3, 0.4) is 0 Å². The summed E-state index contributed by atoms with van der Waals surface area (Å²) in [4.78, 5) is 2.49. The lowest BCUT2D eigenvalue weighted by molar-refractivity contribution is 0.344. The molecular formula is C13H19N3O2S2. The number of nitrogens with zero attached hydrogens (tertiary/aromatic N) is 1. The molecule has 1 saturated heterocycles. The second kappa shape index (κ2) is 6.62. The lowest BCUT2D eigenvalue weighted by Gasteiger charge is -2.15. The molecule has 1 fully saturated rings. The predicted molar refractivity (Wildman–Crippen MR) is 83.2 cm³/mol. The molecule has 0 atom stereocenters.